The molecule has 0 N–H and O–H groups in total. The second kappa shape index (κ2) is 5.56. The molecule has 0 nitrogen and oxygen atoms in total. The number of rotatable bonds is 2. The number of benzene rings is 1. The quantitative estimate of drug-likeness (QED) is 0.675. The van der Waals surface area contributed by atoms with Crippen molar-refractivity contribution in [3.8, 4) is 0 Å². The van der Waals surface area contributed by atoms with E-state index in [9.17, 15) is 13.2 Å². The summed E-state index contributed by atoms with van der Waals surface area (Å²) in [4.78, 5) is 0. The van der Waals surface area contributed by atoms with Crippen molar-refractivity contribution >= 4 is 0 Å². The number of hydrogen-bond donors (Lipinski definition) is 0. The largest absolute Gasteiger partial charge is 0.391 e. The third kappa shape index (κ3) is 3.31. The molecule has 1 aliphatic rings. The Morgan fingerprint density at radius 2 is 1.74 bits per heavy atom. The van der Waals surface area contributed by atoms with E-state index in [2.05, 4.69) is 32.0 Å². The maximum atomic E-state index is 12.6. The van der Waals surface area contributed by atoms with Crippen LogP contribution in [0.15, 0.2) is 18.2 Å². The van der Waals surface area contributed by atoms with Gasteiger partial charge >= 0.3 is 6.18 Å². The van der Waals surface area contributed by atoms with Gasteiger partial charge in [-0.2, -0.15) is 13.2 Å². The van der Waals surface area contributed by atoms with Crippen LogP contribution in [0.4, 0.5) is 13.2 Å². The molecule has 106 valence electrons. The third-order valence-electron chi connectivity index (χ3n) is 4.41. The average Bonchev–Trinajstić information content (AvgIpc) is 2.38. The Hall–Kier alpha value is -0.990. The van der Waals surface area contributed by atoms with E-state index in [1.54, 1.807) is 0 Å². The van der Waals surface area contributed by atoms with Crippen LogP contribution < -0.4 is 0 Å². The zero-order valence-electron chi connectivity index (χ0n) is 11.6. The highest BCUT2D eigenvalue weighted by atomic mass is 19.4. The van der Waals surface area contributed by atoms with Crippen LogP contribution >= 0.6 is 0 Å². The molecule has 1 aromatic rings. The van der Waals surface area contributed by atoms with E-state index in [0.717, 1.165) is 6.42 Å². The molecule has 1 aromatic carbocycles. The second-order valence-electron chi connectivity index (χ2n) is 5.63. The van der Waals surface area contributed by atoms with Gasteiger partial charge in [0.1, 0.15) is 0 Å². The van der Waals surface area contributed by atoms with Crippen molar-refractivity contribution in [3.05, 3.63) is 34.9 Å². The summed E-state index contributed by atoms with van der Waals surface area (Å²) in [7, 11) is 0. The second-order valence-corrected chi connectivity index (χ2v) is 5.63. The maximum Gasteiger partial charge on any atom is 0.391 e. The Labute approximate surface area is 113 Å². The molecular weight excluding hydrogens is 249 g/mol. The molecule has 1 aliphatic carbocycles. The van der Waals surface area contributed by atoms with Crippen molar-refractivity contribution in [3.63, 3.8) is 0 Å². The van der Waals surface area contributed by atoms with E-state index in [1.807, 2.05) is 0 Å². The number of aryl methyl sites for hydroxylation is 2. The fourth-order valence-corrected chi connectivity index (χ4v) is 3.12. The summed E-state index contributed by atoms with van der Waals surface area (Å²) in [6.45, 7) is 4.21. The zero-order valence-corrected chi connectivity index (χ0v) is 11.6. The van der Waals surface area contributed by atoms with Gasteiger partial charge in [-0.25, -0.2) is 0 Å². The first-order valence-electron chi connectivity index (χ1n) is 7.08. The first-order valence-corrected chi connectivity index (χ1v) is 7.08. The van der Waals surface area contributed by atoms with E-state index < -0.39 is 12.1 Å². The summed E-state index contributed by atoms with van der Waals surface area (Å²) in [5.74, 6) is -0.775. The summed E-state index contributed by atoms with van der Waals surface area (Å²) in [5, 5.41) is 0. The van der Waals surface area contributed by atoms with Gasteiger partial charge in [-0.1, -0.05) is 25.1 Å². The number of hydrogen-bond acceptors (Lipinski definition) is 0. The monoisotopic (exact) mass is 270 g/mol. The van der Waals surface area contributed by atoms with Gasteiger partial charge in [-0.05, 0) is 61.6 Å². The van der Waals surface area contributed by atoms with Crippen molar-refractivity contribution in [2.24, 2.45) is 5.92 Å². The summed E-state index contributed by atoms with van der Waals surface area (Å²) < 4.78 is 37.9. The van der Waals surface area contributed by atoms with Crippen molar-refractivity contribution in [2.75, 3.05) is 0 Å². The van der Waals surface area contributed by atoms with E-state index >= 15 is 0 Å². The lowest BCUT2D eigenvalue weighted by molar-refractivity contribution is -0.182. The van der Waals surface area contributed by atoms with E-state index in [0.29, 0.717) is 18.8 Å². The molecule has 0 aromatic heterocycles. The van der Waals surface area contributed by atoms with Crippen LogP contribution in [-0.4, -0.2) is 6.18 Å². The Bertz CT molecular complexity index is 426. The van der Waals surface area contributed by atoms with Gasteiger partial charge in [-0.3, -0.25) is 0 Å². The van der Waals surface area contributed by atoms with Crippen LogP contribution in [0.3, 0.4) is 0 Å². The lowest BCUT2D eigenvalue weighted by Gasteiger charge is -2.30. The Morgan fingerprint density at radius 3 is 2.21 bits per heavy atom. The average molecular weight is 270 g/mol. The molecule has 0 spiro atoms. The minimum Gasteiger partial charge on any atom is -0.171 e. The fraction of sp³-hybridized carbons (Fsp3) is 0.625. The van der Waals surface area contributed by atoms with Gasteiger partial charge in [0.15, 0.2) is 0 Å². The molecule has 0 saturated heterocycles. The lowest BCUT2D eigenvalue weighted by atomic mass is 9.78. The van der Waals surface area contributed by atoms with Crippen LogP contribution in [0.25, 0.3) is 0 Å². The third-order valence-corrected chi connectivity index (χ3v) is 4.41. The van der Waals surface area contributed by atoms with Crippen molar-refractivity contribution in [2.45, 2.75) is 58.0 Å². The lowest BCUT2D eigenvalue weighted by Crippen LogP contribution is -2.27. The van der Waals surface area contributed by atoms with E-state index in [4.69, 9.17) is 0 Å². The molecule has 0 aliphatic heterocycles. The molecule has 3 heteroatoms. The van der Waals surface area contributed by atoms with Crippen molar-refractivity contribution < 1.29 is 13.2 Å². The molecule has 0 radical (unpaired) electrons. The van der Waals surface area contributed by atoms with Crippen LogP contribution in [0, 0.1) is 12.8 Å². The molecule has 0 amide bonds. The molecule has 0 atom stereocenters. The molecule has 1 saturated carbocycles. The normalized spacial score (nSPS) is 24.5. The number of alkyl halides is 3. The zero-order chi connectivity index (χ0) is 14.0. The van der Waals surface area contributed by atoms with E-state index in [1.165, 1.54) is 16.7 Å². The Kier molecular flexibility index (Phi) is 4.22. The Morgan fingerprint density at radius 1 is 1.11 bits per heavy atom. The van der Waals surface area contributed by atoms with Gasteiger partial charge in [0.05, 0.1) is 5.92 Å². The summed E-state index contributed by atoms with van der Waals surface area (Å²) in [6, 6.07) is 6.39. The van der Waals surface area contributed by atoms with Crippen molar-refractivity contribution in [1.29, 1.82) is 0 Å². The highest BCUT2D eigenvalue weighted by Gasteiger charge is 2.41. The maximum absolute atomic E-state index is 12.6. The van der Waals surface area contributed by atoms with Gasteiger partial charge in [0.2, 0.25) is 0 Å². The van der Waals surface area contributed by atoms with Gasteiger partial charge in [0, 0.05) is 0 Å². The topological polar surface area (TPSA) is 0 Å². The van der Waals surface area contributed by atoms with Gasteiger partial charge in [0.25, 0.3) is 0 Å². The molecular formula is C16H21F3. The van der Waals surface area contributed by atoms with Gasteiger partial charge in [-0.15, -0.1) is 0 Å². The summed E-state index contributed by atoms with van der Waals surface area (Å²) in [6.07, 6.45) is -1.12. The van der Waals surface area contributed by atoms with E-state index in [-0.39, 0.29) is 12.8 Å². The molecule has 0 heterocycles. The van der Waals surface area contributed by atoms with Gasteiger partial charge < -0.3 is 0 Å². The highest BCUT2D eigenvalue weighted by molar-refractivity contribution is 5.33. The van der Waals surface area contributed by atoms with Crippen LogP contribution in [0.1, 0.15) is 55.2 Å². The first-order chi connectivity index (χ1) is 8.91. The minimum absolute atomic E-state index is 0.280. The minimum atomic E-state index is -4.01. The molecule has 0 bridgehead atoms. The SMILES string of the molecule is CCc1ccc([C@H]2CC[C@@H](C(F)(F)F)CC2)cc1C. The van der Waals surface area contributed by atoms with Crippen molar-refractivity contribution in [1.82, 2.24) is 0 Å². The molecule has 2 rings (SSSR count). The smallest absolute Gasteiger partial charge is 0.171 e. The molecule has 1 fully saturated rings. The molecule has 19 heavy (non-hydrogen) atoms. The highest BCUT2D eigenvalue weighted by Crippen LogP contribution is 2.43. The van der Waals surface area contributed by atoms with Crippen LogP contribution in [0.2, 0.25) is 0 Å². The number of halogens is 3. The van der Waals surface area contributed by atoms with Crippen LogP contribution in [0.5, 0.6) is 0 Å². The Balaban J connectivity index is 2.04. The molecule has 0 unspecified atom stereocenters. The predicted octanol–water partition coefficient (Wildman–Crippen LogP) is 5.39. The summed E-state index contributed by atoms with van der Waals surface area (Å²) in [5.41, 5.74) is 3.81. The van der Waals surface area contributed by atoms with Crippen LogP contribution in [-0.2, 0) is 6.42 Å². The predicted molar refractivity (Wildman–Crippen MR) is 71.3 cm³/mol. The standard InChI is InChI=1S/C16H21F3/c1-3-12-4-5-14(10-11(12)2)13-6-8-15(9-7-13)16(17,18)19/h4-5,10,13,15H,3,6-9H2,1-2H3/t13-,15+. The first kappa shape index (κ1) is 14.4. The summed E-state index contributed by atoms with van der Waals surface area (Å²) >= 11 is 0. The fourth-order valence-electron chi connectivity index (χ4n) is 3.12.